The van der Waals surface area contributed by atoms with Gasteiger partial charge in [0, 0.05) is 23.2 Å². The Hall–Kier alpha value is -2.18. The highest BCUT2D eigenvalue weighted by molar-refractivity contribution is 6.31. The number of rotatable bonds is 4. The maximum absolute atomic E-state index is 13.2. The molecule has 0 saturated heterocycles. The van der Waals surface area contributed by atoms with Gasteiger partial charge in [0.2, 0.25) is 5.75 Å². The first-order valence-corrected chi connectivity index (χ1v) is 6.43. The van der Waals surface area contributed by atoms with Crippen molar-refractivity contribution in [1.29, 1.82) is 0 Å². The van der Waals surface area contributed by atoms with Crippen LogP contribution in [0.3, 0.4) is 0 Å². The summed E-state index contributed by atoms with van der Waals surface area (Å²) in [6.45, 7) is 1.78. The predicted molar refractivity (Wildman–Crippen MR) is 77.2 cm³/mol. The molecule has 0 fully saturated rings. The average molecular weight is 311 g/mol. The van der Waals surface area contributed by atoms with Crippen LogP contribution in [0.25, 0.3) is 0 Å². The van der Waals surface area contributed by atoms with E-state index in [1.165, 1.54) is 6.07 Å². The van der Waals surface area contributed by atoms with Crippen LogP contribution >= 0.6 is 11.6 Å². The summed E-state index contributed by atoms with van der Waals surface area (Å²) in [5.74, 6) is -0.559. The normalized spacial score (nSPS) is 12.0. The SMILES string of the molecule is CC(N)c1ccc(Oc2cc(F)ccc2[N+](=O)[O-])cc1Cl. The lowest BCUT2D eigenvalue weighted by Crippen LogP contribution is -2.05. The summed E-state index contributed by atoms with van der Waals surface area (Å²) in [5.41, 5.74) is 6.13. The summed E-state index contributed by atoms with van der Waals surface area (Å²) < 4.78 is 18.6. The number of hydrogen-bond donors (Lipinski definition) is 1. The van der Waals surface area contributed by atoms with E-state index in [9.17, 15) is 14.5 Å². The van der Waals surface area contributed by atoms with E-state index in [2.05, 4.69) is 0 Å². The molecule has 110 valence electrons. The van der Waals surface area contributed by atoms with Gasteiger partial charge in [-0.2, -0.15) is 0 Å². The second-order valence-corrected chi connectivity index (χ2v) is 4.85. The molecule has 0 aliphatic rings. The number of nitrogens with two attached hydrogens (primary N) is 1. The summed E-state index contributed by atoms with van der Waals surface area (Å²) in [5, 5.41) is 11.3. The highest BCUT2D eigenvalue weighted by Gasteiger charge is 2.17. The van der Waals surface area contributed by atoms with Gasteiger partial charge in [-0.15, -0.1) is 0 Å². The summed E-state index contributed by atoms with van der Waals surface area (Å²) in [4.78, 5) is 10.2. The van der Waals surface area contributed by atoms with Crippen LogP contribution in [0.15, 0.2) is 36.4 Å². The molecule has 0 saturated carbocycles. The molecule has 5 nitrogen and oxygen atoms in total. The molecule has 2 aromatic carbocycles. The van der Waals surface area contributed by atoms with Gasteiger partial charge in [-0.05, 0) is 30.7 Å². The van der Waals surface area contributed by atoms with Gasteiger partial charge in [-0.3, -0.25) is 10.1 Å². The third-order valence-corrected chi connectivity index (χ3v) is 3.14. The molecule has 0 aliphatic carbocycles. The molecular formula is C14H12ClFN2O3. The summed E-state index contributed by atoms with van der Waals surface area (Å²) >= 11 is 6.06. The number of nitro groups is 1. The first-order valence-electron chi connectivity index (χ1n) is 6.05. The van der Waals surface area contributed by atoms with Crippen LogP contribution in [0.4, 0.5) is 10.1 Å². The Kier molecular flexibility index (Phi) is 4.40. The quantitative estimate of drug-likeness (QED) is 0.678. The summed E-state index contributed by atoms with van der Waals surface area (Å²) in [6, 6.07) is 7.45. The Bertz CT molecular complexity index is 692. The lowest BCUT2D eigenvalue weighted by atomic mass is 10.1. The molecule has 21 heavy (non-hydrogen) atoms. The minimum absolute atomic E-state index is 0.190. The molecule has 0 heterocycles. The molecule has 2 aromatic rings. The van der Waals surface area contributed by atoms with Crippen LogP contribution in [-0.4, -0.2) is 4.92 Å². The van der Waals surface area contributed by atoms with Gasteiger partial charge < -0.3 is 10.5 Å². The van der Waals surface area contributed by atoms with Crippen molar-refractivity contribution in [3.05, 3.63) is 62.9 Å². The van der Waals surface area contributed by atoms with Gasteiger partial charge in [0.05, 0.1) is 4.92 Å². The number of nitro benzene ring substituents is 1. The fourth-order valence-corrected chi connectivity index (χ4v) is 2.13. The molecule has 2 N–H and O–H groups in total. The third kappa shape index (κ3) is 3.48. The number of benzene rings is 2. The minimum Gasteiger partial charge on any atom is -0.450 e. The zero-order chi connectivity index (χ0) is 15.6. The van der Waals surface area contributed by atoms with Crippen molar-refractivity contribution in [2.75, 3.05) is 0 Å². The molecule has 0 aromatic heterocycles. The van der Waals surface area contributed by atoms with E-state index in [0.29, 0.717) is 5.02 Å². The standard InChI is InChI=1S/C14H12ClFN2O3/c1-8(17)11-4-3-10(7-12(11)15)21-14-6-9(16)2-5-13(14)18(19)20/h2-8H,17H2,1H3. The second kappa shape index (κ2) is 6.07. The summed E-state index contributed by atoms with van der Waals surface area (Å²) in [7, 11) is 0. The van der Waals surface area contributed by atoms with Gasteiger partial charge in [0.15, 0.2) is 0 Å². The molecule has 0 aliphatic heterocycles. The highest BCUT2D eigenvalue weighted by Crippen LogP contribution is 2.34. The smallest absolute Gasteiger partial charge is 0.311 e. The van der Waals surface area contributed by atoms with Crippen LogP contribution < -0.4 is 10.5 Å². The number of halogens is 2. The van der Waals surface area contributed by atoms with Gasteiger partial charge >= 0.3 is 5.69 Å². The Morgan fingerprint density at radius 2 is 2.05 bits per heavy atom. The highest BCUT2D eigenvalue weighted by atomic mass is 35.5. The van der Waals surface area contributed by atoms with Crippen molar-refractivity contribution in [2.45, 2.75) is 13.0 Å². The van der Waals surface area contributed by atoms with E-state index >= 15 is 0 Å². The van der Waals surface area contributed by atoms with Crippen LogP contribution in [0.2, 0.25) is 5.02 Å². The Morgan fingerprint density at radius 1 is 1.33 bits per heavy atom. The van der Waals surface area contributed by atoms with E-state index in [0.717, 1.165) is 23.8 Å². The van der Waals surface area contributed by atoms with E-state index in [-0.39, 0.29) is 23.2 Å². The fourth-order valence-electron chi connectivity index (χ4n) is 1.79. The van der Waals surface area contributed by atoms with Crippen LogP contribution in [0, 0.1) is 15.9 Å². The van der Waals surface area contributed by atoms with Crippen molar-refractivity contribution in [2.24, 2.45) is 5.73 Å². The molecule has 0 bridgehead atoms. The lowest BCUT2D eigenvalue weighted by molar-refractivity contribution is -0.385. The molecule has 0 spiro atoms. The lowest BCUT2D eigenvalue weighted by Gasteiger charge is -2.11. The average Bonchev–Trinajstić information content (AvgIpc) is 2.37. The van der Waals surface area contributed by atoms with E-state index in [1.54, 1.807) is 19.1 Å². The first-order chi connectivity index (χ1) is 9.88. The number of hydrogen-bond acceptors (Lipinski definition) is 4. The van der Waals surface area contributed by atoms with Crippen molar-refractivity contribution >= 4 is 17.3 Å². The molecule has 2 rings (SSSR count). The van der Waals surface area contributed by atoms with E-state index in [4.69, 9.17) is 22.1 Å². The Balaban J connectivity index is 2.36. The molecule has 7 heteroatoms. The molecule has 1 atom stereocenters. The van der Waals surface area contributed by atoms with E-state index < -0.39 is 10.7 Å². The fraction of sp³-hybridized carbons (Fsp3) is 0.143. The van der Waals surface area contributed by atoms with Gasteiger partial charge in [0.1, 0.15) is 11.6 Å². The monoisotopic (exact) mass is 310 g/mol. The van der Waals surface area contributed by atoms with Crippen molar-refractivity contribution in [3.8, 4) is 11.5 Å². The summed E-state index contributed by atoms with van der Waals surface area (Å²) in [6.07, 6.45) is 0. The van der Waals surface area contributed by atoms with Gasteiger partial charge in [-0.25, -0.2) is 4.39 Å². The van der Waals surface area contributed by atoms with Crippen molar-refractivity contribution < 1.29 is 14.1 Å². The number of nitrogens with zero attached hydrogens (tertiary/aromatic N) is 1. The largest absolute Gasteiger partial charge is 0.450 e. The zero-order valence-corrected chi connectivity index (χ0v) is 11.8. The Labute approximate surface area is 125 Å². The van der Waals surface area contributed by atoms with Crippen LogP contribution in [0.1, 0.15) is 18.5 Å². The van der Waals surface area contributed by atoms with Crippen LogP contribution in [-0.2, 0) is 0 Å². The minimum atomic E-state index is -0.646. The van der Waals surface area contributed by atoms with Crippen LogP contribution in [0.5, 0.6) is 11.5 Å². The topological polar surface area (TPSA) is 78.4 Å². The predicted octanol–water partition coefficient (Wildman–Crippen LogP) is 4.20. The van der Waals surface area contributed by atoms with Crippen molar-refractivity contribution in [1.82, 2.24) is 0 Å². The maximum Gasteiger partial charge on any atom is 0.311 e. The van der Waals surface area contributed by atoms with Gasteiger partial charge in [-0.1, -0.05) is 17.7 Å². The number of ether oxygens (including phenoxy) is 1. The maximum atomic E-state index is 13.2. The third-order valence-electron chi connectivity index (χ3n) is 2.81. The molecule has 1 unspecified atom stereocenters. The Morgan fingerprint density at radius 3 is 2.62 bits per heavy atom. The first kappa shape index (κ1) is 15.2. The zero-order valence-electron chi connectivity index (χ0n) is 11.0. The van der Waals surface area contributed by atoms with Gasteiger partial charge in [0.25, 0.3) is 0 Å². The molecule has 0 amide bonds. The molecular weight excluding hydrogens is 299 g/mol. The second-order valence-electron chi connectivity index (χ2n) is 4.44. The van der Waals surface area contributed by atoms with Crippen molar-refractivity contribution in [3.63, 3.8) is 0 Å². The van der Waals surface area contributed by atoms with E-state index in [1.807, 2.05) is 0 Å². The molecule has 0 radical (unpaired) electrons.